The minimum absolute atomic E-state index is 0.0868. The molecule has 3 rings (SSSR count). The zero-order valence-corrected chi connectivity index (χ0v) is 18.1. The highest BCUT2D eigenvalue weighted by Gasteiger charge is 2.10. The highest BCUT2D eigenvalue weighted by molar-refractivity contribution is 5.94. The van der Waals surface area contributed by atoms with E-state index in [1.165, 1.54) is 11.1 Å². The van der Waals surface area contributed by atoms with Crippen LogP contribution in [0.2, 0.25) is 0 Å². The number of rotatable bonds is 9. The second-order valence-corrected chi connectivity index (χ2v) is 7.85. The van der Waals surface area contributed by atoms with Crippen molar-refractivity contribution in [3.8, 4) is 5.75 Å². The van der Waals surface area contributed by atoms with Crippen LogP contribution < -0.4 is 10.1 Å². The van der Waals surface area contributed by atoms with Crippen molar-refractivity contribution in [1.29, 1.82) is 0 Å². The Labute approximate surface area is 178 Å². The van der Waals surface area contributed by atoms with Crippen molar-refractivity contribution < 1.29 is 9.53 Å². The van der Waals surface area contributed by atoms with Crippen molar-refractivity contribution in [1.82, 2.24) is 20.0 Å². The number of benzene rings is 2. The summed E-state index contributed by atoms with van der Waals surface area (Å²) >= 11 is 0. The standard InChI is InChI=1S/C24H30N4O2/c1-18-8-10-22(11-9-18)24(29)25-13-19(2)30-23-7-5-6-20(12-23)15-27(3)16-21-14-26-28(4)17-21/h5-12,14,17,19H,13,15-16H2,1-4H3,(H,25,29)/t19-/m0/s1. The Kier molecular flexibility index (Phi) is 7.25. The maximum atomic E-state index is 12.3. The number of hydrogen-bond donors (Lipinski definition) is 1. The number of carbonyl (C=O) groups excluding carboxylic acids is 1. The number of amides is 1. The second kappa shape index (κ2) is 10.1. The zero-order valence-electron chi connectivity index (χ0n) is 18.1. The van der Waals surface area contributed by atoms with Crippen molar-refractivity contribution in [2.75, 3.05) is 13.6 Å². The lowest BCUT2D eigenvalue weighted by Gasteiger charge is -2.18. The Morgan fingerprint density at radius 2 is 1.90 bits per heavy atom. The van der Waals surface area contributed by atoms with E-state index in [1.54, 1.807) is 0 Å². The summed E-state index contributed by atoms with van der Waals surface area (Å²) in [6.07, 6.45) is 3.79. The predicted octanol–water partition coefficient (Wildman–Crippen LogP) is 3.56. The van der Waals surface area contributed by atoms with Crippen LogP contribution in [0.3, 0.4) is 0 Å². The predicted molar refractivity (Wildman–Crippen MR) is 118 cm³/mol. The first kappa shape index (κ1) is 21.6. The lowest BCUT2D eigenvalue weighted by Crippen LogP contribution is -2.33. The fourth-order valence-corrected chi connectivity index (χ4v) is 3.27. The zero-order chi connectivity index (χ0) is 21.5. The molecule has 6 nitrogen and oxygen atoms in total. The fraction of sp³-hybridized carbons (Fsp3) is 0.333. The maximum absolute atomic E-state index is 12.3. The molecule has 1 heterocycles. The van der Waals surface area contributed by atoms with Gasteiger partial charge in [-0.15, -0.1) is 0 Å². The molecule has 0 saturated heterocycles. The first-order chi connectivity index (χ1) is 14.4. The van der Waals surface area contributed by atoms with Gasteiger partial charge in [0.05, 0.1) is 12.7 Å². The van der Waals surface area contributed by atoms with E-state index in [4.69, 9.17) is 4.74 Å². The van der Waals surface area contributed by atoms with Gasteiger partial charge in [0.15, 0.2) is 0 Å². The Hall–Kier alpha value is -3.12. The lowest BCUT2D eigenvalue weighted by molar-refractivity contribution is 0.0932. The van der Waals surface area contributed by atoms with Crippen molar-refractivity contribution >= 4 is 5.91 Å². The van der Waals surface area contributed by atoms with Gasteiger partial charge in [0, 0.05) is 37.5 Å². The van der Waals surface area contributed by atoms with Crippen LogP contribution in [0.4, 0.5) is 0 Å². The van der Waals surface area contributed by atoms with Crippen LogP contribution >= 0.6 is 0 Å². The first-order valence-electron chi connectivity index (χ1n) is 10.2. The number of hydrogen-bond acceptors (Lipinski definition) is 4. The van der Waals surface area contributed by atoms with E-state index in [0.717, 1.165) is 24.4 Å². The fourth-order valence-electron chi connectivity index (χ4n) is 3.27. The number of aromatic nitrogens is 2. The third-order valence-electron chi connectivity index (χ3n) is 4.76. The molecular weight excluding hydrogens is 376 g/mol. The molecule has 0 saturated carbocycles. The minimum Gasteiger partial charge on any atom is -0.489 e. The largest absolute Gasteiger partial charge is 0.489 e. The van der Waals surface area contributed by atoms with E-state index in [0.29, 0.717) is 12.1 Å². The summed E-state index contributed by atoms with van der Waals surface area (Å²) in [5, 5.41) is 7.15. The van der Waals surface area contributed by atoms with Crippen LogP contribution in [-0.2, 0) is 20.1 Å². The smallest absolute Gasteiger partial charge is 0.251 e. The number of aryl methyl sites for hydroxylation is 2. The third-order valence-corrected chi connectivity index (χ3v) is 4.76. The molecular formula is C24H30N4O2. The van der Waals surface area contributed by atoms with E-state index in [-0.39, 0.29) is 12.0 Å². The molecule has 0 unspecified atom stereocenters. The molecule has 1 atom stereocenters. The van der Waals surface area contributed by atoms with E-state index < -0.39 is 0 Å². The molecule has 0 spiro atoms. The second-order valence-electron chi connectivity index (χ2n) is 7.85. The van der Waals surface area contributed by atoms with E-state index in [1.807, 2.05) is 74.4 Å². The molecule has 0 aliphatic carbocycles. The molecule has 1 aromatic heterocycles. The normalized spacial score (nSPS) is 12.0. The van der Waals surface area contributed by atoms with Crippen LogP contribution in [0.15, 0.2) is 60.9 Å². The Balaban J connectivity index is 1.48. The molecule has 0 aliphatic rings. The quantitative estimate of drug-likeness (QED) is 0.590. The average molecular weight is 407 g/mol. The van der Waals surface area contributed by atoms with Gasteiger partial charge in [0.1, 0.15) is 11.9 Å². The molecule has 2 aromatic carbocycles. The van der Waals surface area contributed by atoms with Gasteiger partial charge >= 0.3 is 0 Å². The van der Waals surface area contributed by atoms with Gasteiger partial charge < -0.3 is 10.1 Å². The maximum Gasteiger partial charge on any atom is 0.251 e. The number of nitrogens with zero attached hydrogens (tertiary/aromatic N) is 3. The van der Waals surface area contributed by atoms with Gasteiger partial charge in [-0.3, -0.25) is 14.4 Å². The van der Waals surface area contributed by atoms with Crippen LogP contribution in [-0.4, -0.2) is 40.3 Å². The van der Waals surface area contributed by atoms with E-state index >= 15 is 0 Å². The van der Waals surface area contributed by atoms with Gasteiger partial charge in [0.25, 0.3) is 5.91 Å². The molecule has 3 aromatic rings. The van der Waals surface area contributed by atoms with E-state index in [9.17, 15) is 4.79 Å². The SMILES string of the molecule is Cc1ccc(C(=O)NC[C@H](C)Oc2cccc(CN(C)Cc3cnn(C)c3)c2)cc1. The third kappa shape index (κ3) is 6.46. The van der Waals surface area contributed by atoms with E-state index in [2.05, 4.69) is 34.5 Å². The van der Waals surface area contributed by atoms with Gasteiger partial charge in [-0.2, -0.15) is 5.10 Å². The summed E-state index contributed by atoms with van der Waals surface area (Å²) in [6, 6.07) is 15.6. The number of ether oxygens (including phenoxy) is 1. The molecule has 0 bridgehead atoms. The van der Waals surface area contributed by atoms with Crippen molar-refractivity contribution in [2.45, 2.75) is 33.0 Å². The molecule has 6 heteroatoms. The highest BCUT2D eigenvalue weighted by atomic mass is 16.5. The van der Waals surface area contributed by atoms with Gasteiger partial charge in [0.2, 0.25) is 0 Å². The minimum atomic E-state index is -0.136. The molecule has 0 radical (unpaired) electrons. The Morgan fingerprint density at radius 1 is 1.17 bits per heavy atom. The summed E-state index contributed by atoms with van der Waals surface area (Å²) in [4.78, 5) is 14.5. The molecule has 30 heavy (non-hydrogen) atoms. The summed E-state index contributed by atoms with van der Waals surface area (Å²) in [5.41, 5.74) is 4.15. The molecule has 1 N–H and O–H groups in total. The van der Waals surface area contributed by atoms with Crippen LogP contribution in [0.5, 0.6) is 5.75 Å². The number of carbonyl (C=O) groups is 1. The van der Waals surface area contributed by atoms with Crippen LogP contribution in [0.25, 0.3) is 0 Å². The van der Waals surface area contributed by atoms with Crippen molar-refractivity contribution in [3.05, 3.63) is 83.2 Å². The summed E-state index contributed by atoms with van der Waals surface area (Å²) in [6.45, 7) is 6.04. The van der Waals surface area contributed by atoms with Gasteiger partial charge in [-0.1, -0.05) is 29.8 Å². The highest BCUT2D eigenvalue weighted by Crippen LogP contribution is 2.17. The molecule has 1 amide bonds. The number of nitrogens with one attached hydrogen (secondary N) is 1. The first-order valence-corrected chi connectivity index (χ1v) is 10.2. The van der Waals surface area contributed by atoms with Crippen molar-refractivity contribution in [2.24, 2.45) is 7.05 Å². The summed E-state index contributed by atoms with van der Waals surface area (Å²) in [7, 11) is 4.01. The van der Waals surface area contributed by atoms with Crippen molar-refractivity contribution in [3.63, 3.8) is 0 Å². The molecule has 0 fully saturated rings. The topological polar surface area (TPSA) is 59.4 Å². The molecule has 0 aliphatic heterocycles. The monoisotopic (exact) mass is 406 g/mol. The van der Waals surface area contributed by atoms with Crippen LogP contribution in [0.1, 0.15) is 34.0 Å². The summed E-state index contributed by atoms with van der Waals surface area (Å²) in [5.74, 6) is 0.718. The van der Waals surface area contributed by atoms with Gasteiger partial charge in [-0.05, 0) is 50.7 Å². The summed E-state index contributed by atoms with van der Waals surface area (Å²) < 4.78 is 7.83. The van der Waals surface area contributed by atoms with Gasteiger partial charge in [-0.25, -0.2) is 0 Å². The average Bonchev–Trinajstić information content (AvgIpc) is 3.11. The lowest BCUT2D eigenvalue weighted by atomic mass is 10.1. The molecule has 158 valence electrons. The van der Waals surface area contributed by atoms with Crippen LogP contribution in [0, 0.1) is 6.92 Å². The Bertz CT molecular complexity index is 965. The Morgan fingerprint density at radius 3 is 2.60 bits per heavy atom.